The fourth-order valence-corrected chi connectivity index (χ4v) is 2.18. The van der Waals surface area contributed by atoms with E-state index in [1.807, 2.05) is 24.3 Å². The van der Waals surface area contributed by atoms with Gasteiger partial charge in [-0.15, -0.1) is 0 Å². The highest BCUT2D eigenvalue weighted by Gasteiger charge is 2.06. The Hall–Kier alpha value is -2.49. The predicted octanol–water partition coefficient (Wildman–Crippen LogP) is 3.15. The maximum atomic E-state index is 11.0. The monoisotopic (exact) mass is 265 g/mol. The molecule has 2 heterocycles. The van der Waals surface area contributed by atoms with Gasteiger partial charge in [0.2, 0.25) is 0 Å². The third-order valence-corrected chi connectivity index (χ3v) is 3.27. The van der Waals surface area contributed by atoms with Crippen molar-refractivity contribution in [3.8, 4) is 11.4 Å². The number of fused-ring (bicyclic) bond motifs is 1. The van der Waals surface area contributed by atoms with Gasteiger partial charge in [0, 0.05) is 24.4 Å². The zero-order chi connectivity index (χ0) is 13.9. The molecule has 1 N–H and O–H groups in total. The van der Waals surface area contributed by atoms with Gasteiger partial charge in [0.25, 0.3) is 0 Å². The van der Waals surface area contributed by atoms with Gasteiger partial charge in [0.1, 0.15) is 11.6 Å². The molecule has 0 aliphatic carbocycles. The molecule has 0 radical (unpaired) electrons. The first-order chi connectivity index (χ1) is 9.72. The lowest BCUT2D eigenvalue weighted by atomic mass is 10.1. The van der Waals surface area contributed by atoms with Crippen LogP contribution in [0, 0.1) is 0 Å². The number of aromatic nitrogens is 3. The molecule has 2 aromatic heterocycles. The number of nitrogens with zero attached hydrogens (tertiary/aromatic N) is 2. The molecular formula is C16H15N3O. The summed E-state index contributed by atoms with van der Waals surface area (Å²) in [7, 11) is 0. The summed E-state index contributed by atoms with van der Waals surface area (Å²) in [6.07, 6.45) is 4.85. The third-order valence-electron chi connectivity index (χ3n) is 3.27. The summed E-state index contributed by atoms with van der Waals surface area (Å²) in [5.74, 6) is 1.05. The van der Waals surface area contributed by atoms with E-state index in [1.54, 1.807) is 19.3 Å². The number of hydrogen-bond acceptors (Lipinski definition) is 3. The molecule has 0 atom stereocenters. The van der Waals surface area contributed by atoms with E-state index in [0.29, 0.717) is 6.42 Å². The van der Waals surface area contributed by atoms with Gasteiger partial charge in [-0.3, -0.25) is 4.98 Å². The zero-order valence-electron chi connectivity index (χ0n) is 11.3. The molecule has 20 heavy (non-hydrogen) atoms. The van der Waals surface area contributed by atoms with Crippen LogP contribution >= 0.6 is 0 Å². The lowest BCUT2D eigenvalue weighted by molar-refractivity contribution is -0.116. The second kappa shape index (κ2) is 5.25. The van der Waals surface area contributed by atoms with Crippen molar-refractivity contribution >= 4 is 16.8 Å². The van der Waals surface area contributed by atoms with E-state index in [0.717, 1.165) is 34.4 Å². The molecule has 4 nitrogen and oxygen atoms in total. The van der Waals surface area contributed by atoms with Crippen molar-refractivity contribution in [2.75, 3.05) is 0 Å². The normalized spacial score (nSPS) is 10.8. The van der Waals surface area contributed by atoms with Crippen LogP contribution in [0.25, 0.3) is 22.4 Å². The van der Waals surface area contributed by atoms with Crippen LogP contribution in [0.2, 0.25) is 0 Å². The highest BCUT2D eigenvalue weighted by Crippen LogP contribution is 2.21. The first-order valence-corrected chi connectivity index (χ1v) is 6.61. The maximum absolute atomic E-state index is 11.0. The highest BCUT2D eigenvalue weighted by atomic mass is 16.1. The largest absolute Gasteiger partial charge is 0.338 e. The molecule has 100 valence electrons. The number of Topliss-reactive ketones (excluding diaryl/α,β-unsaturated/α-hetero) is 1. The number of rotatable bonds is 4. The van der Waals surface area contributed by atoms with Crippen molar-refractivity contribution in [2.24, 2.45) is 0 Å². The van der Waals surface area contributed by atoms with Crippen LogP contribution in [0.4, 0.5) is 0 Å². The predicted molar refractivity (Wildman–Crippen MR) is 78.3 cm³/mol. The molecule has 0 spiro atoms. The second-order valence-corrected chi connectivity index (χ2v) is 4.87. The summed E-state index contributed by atoms with van der Waals surface area (Å²) in [4.78, 5) is 22.9. The van der Waals surface area contributed by atoms with Crippen LogP contribution in [0.15, 0.2) is 42.7 Å². The Labute approximate surface area is 116 Å². The van der Waals surface area contributed by atoms with Crippen LogP contribution in [0.5, 0.6) is 0 Å². The Morgan fingerprint density at radius 3 is 2.75 bits per heavy atom. The summed E-state index contributed by atoms with van der Waals surface area (Å²) in [5.41, 5.74) is 4.10. The first-order valence-electron chi connectivity index (χ1n) is 6.61. The Kier molecular flexibility index (Phi) is 3.29. The molecule has 3 aromatic rings. The van der Waals surface area contributed by atoms with E-state index in [1.165, 1.54) is 0 Å². The molecule has 0 amide bonds. The number of H-pyrrole nitrogens is 1. The van der Waals surface area contributed by atoms with Gasteiger partial charge in [-0.25, -0.2) is 4.98 Å². The van der Waals surface area contributed by atoms with Crippen LogP contribution in [-0.4, -0.2) is 20.7 Å². The van der Waals surface area contributed by atoms with Gasteiger partial charge in [-0.2, -0.15) is 0 Å². The minimum atomic E-state index is 0.215. The van der Waals surface area contributed by atoms with Gasteiger partial charge >= 0.3 is 0 Å². The third kappa shape index (κ3) is 2.59. The van der Waals surface area contributed by atoms with Gasteiger partial charge in [-0.05, 0) is 43.2 Å². The van der Waals surface area contributed by atoms with Crippen LogP contribution in [0.3, 0.4) is 0 Å². The fourth-order valence-electron chi connectivity index (χ4n) is 2.18. The lowest BCUT2D eigenvalue weighted by Gasteiger charge is -1.98. The molecule has 0 aliphatic rings. The number of carbonyl (C=O) groups is 1. The fraction of sp³-hybridized carbons (Fsp3) is 0.188. The standard InChI is InChI=1S/C16H15N3O/c1-11(20)2-3-12-4-5-14-15(10-12)19-16(18-14)13-6-8-17-9-7-13/h4-10H,2-3H2,1H3,(H,18,19). The van der Waals surface area contributed by atoms with Crippen molar-refractivity contribution in [1.82, 2.24) is 15.0 Å². The Morgan fingerprint density at radius 1 is 1.20 bits per heavy atom. The van der Waals surface area contributed by atoms with E-state index in [9.17, 15) is 4.79 Å². The van der Waals surface area contributed by atoms with Gasteiger partial charge in [0.15, 0.2) is 0 Å². The molecule has 0 aliphatic heterocycles. The van der Waals surface area contributed by atoms with Crippen LogP contribution in [0.1, 0.15) is 18.9 Å². The van der Waals surface area contributed by atoms with E-state index < -0.39 is 0 Å². The summed E-state index contributed by atoms with van der Waals surface area (Å²) in [6, 6.07) is 9.94. The molecule has 1 aromatic carbocycles. The Balaban J connectivity index is 1.93. The Bertz CT molecular complexity index is 747. The number of pyridine rings is 1. The minimum absolute atomic E-state index is 0.215. The first kappa shape index (κ1) is 12.5. The van der Waals surface area contributed by atoms with Crippen LogP contribution < -0.4 is 0 Å². The quantitative estimate of drug-likeness (QED) is 0.788. The highest BCUT2D eigenvalue weighted by molar-refractivity contribution is 5.80. The van der Waals surface area contributed by atoms with Crippen molar-refractivity contribution in [3.63, 3.8) is 0 Å². The van der Waals surface area contributed by atoms with Crippen molar-refractivity contribution in [1.29, 1.82) is 0 Å². The molecule has 0 fully saturated rings. The number of aryl methyl sites for hydroxylation is 1. The van der Waals surface area contributed by atoms with E-state index in [-0.39, 0.29) is 5.78 Å². The lowest BCUT2D eigenvalue weighted by Crippen LogP contribution is -1.93. The summed E-state index contributed by atoms with van der Waals surface area (Å²) in [6.45, 7) is 1.62. The Morgan fingerprint density at radius 2 is 2.00 bits per heavy atom. The maximum Gasteiger partial charge on any atom is 0.138 e. The zero-order valence-corrected chi connectivity index (χ0v) is 11.3. The molecule has 3 rings (SSSR count). The summed E-state index contributed by atoms with van der Waals surface area (Å²) >= 11 is 0. The number of carbonyl (C=O) groups excluding carboxylic acids is 1. The number of hydrogen-bond donors (Lipinski definition) is 1. The van der Waals surface area contributed by atoms with E-state index in [2.05, 4.69) is 21.0 Å². The number of imidazole rings is 1. The summed E-state index contributed by atoms with van der Waals surface area (Å²) < 4.78 is 0. The number of aromatic amines is 1. The van der Waals surface area contributed by atoms with Gasteiger partial charge in [-0.1, -0.05) is 6.07 Å². The van der Waals surface area contributed by atoms with Crippen molar-refractivity contribution in [2.45, 2.75) is 19.8 Å². The van der Waals surface area contributed by atoms with Gasteiger partial charge in [0.05, 0.1) is 11.0 Å². The average Bonchev–Trinajstić information content (AvgIpc) is 2.89. The number of ketones is 1. The van der Waals surface area contributed by atoms with Gasteiger partial charge < -0.3 is 9.78 Å². The molecule has 0 unspecified atom stereocenters. The smallest absolute Gasteiger partial charge is 0.138 e. The van der Waals surface area contributed by atoms with Crippen molar-refractivity contribution < 1.29 is 4.79 Å². The number of benzene rings is 1. The SMILES string of the molecule is CC(=O)CCc1ccc2nc(-c3ccncc3)[nH]c2c1. The number of nitrogens with one attached hydrogen (secondary N) is 1. The van der Waals surface area contributed by atoms with Crippen LogP contribution in [-0.2, 0) is 11.2 Å². The van der Waals surface area contributed by atoms with E-state index >= 15 is 0 Å². The second-order valence-electron chi connectivity index (χ2n) is 4.87. The molecule has 0 bridgehead atoms. The molecule has 0 saturated carbocycles. The van der Waals surface area contributed by atoms with Crippen molar-refractivity contribution in [3.05, 3.63) is 48.3 Å². The molecule has 4 heteroatoms. The molecule has 0 saturated heterocycles. The molecular weight excluding hydrogens is 250 g/mol. The van der Waals surface area contributed by atoms with E-state index in [4.69, 9.17) is 0 Å². The minimum Gasteiger partial charge on any atom is -0.338 e. The summed E-state index contributed by atoms with van der Waals surface area (Å²) in [5, 5.41) is 0. The topological polar surface area (TPSA) is 58.6 Å². The average molecular weight is 265 g/mol.